The van der Waals surface area contributed by atoms with Crippen molar-refractivity contribution in [2.75, 3.05) is 20.3 Å². The van der Waals surface area contributed by atoms with Gasteiger partial charge in [-0.15, -0.1) is 0 Å². The third-order valence-electron chi connectivity index (χ3n) is 2.38. The van der Waals surface area contributed by atoms with Crippen molar-refractivity contribution in [3.63, 3.8) is 0 Å². The Labute approximate surface area is 157 Å². The number of benzene rings is 1. The molecular weight excluding hydrogens is 364 g/mol. The first-order chi connectivity index (χ1) is 12.3. The zero-order valence-electron chi connectivity index (χ0n) is 16.0. The Morgan fingerprint density at radius 2 is 1.26 bits per heavy atom. The van der Waals surface area contributed by atoms with Crippen molar-refractivity contribution >= 4 is 17.9 Å². The minimum Gasteiger partial charge on any atom is -0.496 e. The monoisotopic (exact) mass is 392 g/mol. The molecule has 0 aromatic heterocycles. The molecule has 0 aliphatic rings. The van der Waals surface area contributed by atoms with Gasteiger partial charge in [0.1, 0.15) is 11.4 Å². The van der Waals surface area contributed by atoms with Gasteiger partial charge in [0.15, 0.2) is 0 Å². The van der Waals surface area contributed by atoms with Gasteiger partial charge in [-0.05, 0) is 18.6 Å². The summed E-state index contributed by atoms with van der Waals surface area (Å²) in [6.07, 6.45) is 0. The number of carboxylic acid groups (broad SMARTS) is 3. The van der Waals surface area contributed by atoms with Crippen molar-refractivity contribution in [2.45, 2.75) is 33.3 Å². The van der Waals surface area contributed by atoms with Crippen LogP contribution in [0.15, 0.2) is 18.2 Å². The molecule has 0 heterocycles. The number of ether oxygens (including phenoxy) is 1. The highest BCUT2D eigenvalue weighted by Crippen LogP contribution is 2.30. The summed E-state index contributed by atoms with van der Waals surface area (Å²) < 4.78 is 5.09. The number of aliphatic hydroxyl groups excluding tert-OH is 2. The standard InChI is InChI=1S/C11H16O4.3C2H4O2/c1-8-3-4-9(10(5-8)15-2)11(14,6-12)7-13;3*1-2(3)4/h3-5,12-14H,6-7H2,1-2H3;3*1H3,(H,3,4). The van der Waals surface area contributed by atoms with E-state index in [0.29, 0.717) is 11.3 Å². The first-order valence-electron chi connectivity index (χ1n) is 7.45. The lowest BCUT2D eigenvalue weighted by molar-refractivity contribution is -0.135. The number of methoxy groups -OCH3 is 1. The molecule has 0 fully saturated rings. The van der Waals surface area contributed by atoms with Gasteiger partial charge < -0.3 is 35.4 Å². The van der Waals surface area contributed by atoms with Crippen LogP contribution in [0.3, 0.4) is 0 Å². The molecule has 156 valence electrons. The number of aliphatic carboxylic acids is 3. The zero-order chi connectivity index (χ0) is 22.2. The molecule has 10 heteroatoms. The third-order valence-corrected chi connectivity index (χ3v) is 2.38. The van der Waals surface area contributed by atoms with E-state index in [9.17, 15) is 5.11 Å². The minimum absolute atomic E-state index is 0.389. The maximum absolute atomic E-state index is 9.92. The Kier molecular flexibility index (Phi) is 16.8. The number of aryl methyl sites for hydroxylation is 1. The van der Waals surface area contributed by atoms with Crippen LogP contribution in [-0.4, -0.2) is 68.9 Å². The Balaban J connectivity index is -0.000000394. The molecule has 0 radical (unpaired) electrons. The fraction of sp³-hybridized carbons (Fsp3) is 0.471. The number of aliphatic hydroxyl groups is 3. The Morgan fingerprint density at radius 1 is 0.926 bits per heavy atom. The van der Waals surface area contributed by atoms with Gasteiger partial charge in [-0.2, -0.15) is 0 Å². The summed E-state index contributed by atoms with van der Waals surface area (Å²) in [5, 5.41) is 50.3. The lowest BCUT2D eigenvalue weighted by Crippen LogP contribution is -2.34. The Morgan fingerprint density at radius 3 is 1.52 bits per heavy atom. The van der Waals surface area contributed by atoms with E-state index in [1.165, 1.54) is 7.11 Å². The van der Waals surface area contributed by atoms with Crippen LogP contribution in [0.5, 0.6) is 5.75 Å². The predicted octanol–water partition coefficient (Wildman–Crippen LogP) is 0.449. The number of hydrogen-bond donors (Lipinski definition) is 6. The SMILES string of the molecule is CC(=O)O.CC(=O)O.CC(=O)O.COc1cc(C)ccc1C(O)(CO)CO. The van der Waals surface area contributed by atoms with Crippen LogP contribution >= 0.6 is 0 Å². The van der Waals surface area contributed by atoms with E-state index in [-0.39, 0.29) is 0 Å². The Bertz CT molecular complexity index is 539. The molecule has 0 atom stereocenters. The molecule has 0 unspecified atom stereocenters. The quantitative estimate of drug-likeness (QED) is 0.421. The average Bonchev–Trinajstić information content (AvgIpc) is 2.52. The molecular formula is C17H28O10. The van der Waals surface area contributed by atoms with E-state index in [1.807, 2.05) is 6.92 Å². The summed E-state index contributed by atoms with van der Waals surface area (Å²) in [5.74, 6) is -2.04. The number of carbonyl (C=O) groups is 3. The summed E-state index contributed by atoms with van der Waals surface area (Å²) >= 11 is 0. The van der Waals surface area contributed by atoms with E-state index >= 15 is 0 Å². The first kappa shape index (κ1) is 29.1. The highest BCUT2D eigenvalue weighted by Gasteiger charge is 2.30. The maximum atomic E-state index is 9.92. The number of rotatable bonds is 4. The van der Waals surface area contributed by atoms with E-state index in [1.54, 1.807) is 18.2 Å². The summed E-state index contributed by atoms with van der Waals surface area (Å²) in [5.41, 5.74) is -0.284. The summed E-state index contributed by atoms with van der Waals surface area (Å²) in [6.45, 7) is 4.04. The lowest BCUT2D eigenvalue weighted by atomic mass is 9.94. The van der Waals surface area contributed by atoms with Gasteiger partial charge in [0.25, 0.3) is 17.9 Å². The van der Waals surface area contributed by atoms with E-state index in [4.69, 9.17) is 44.7 Å². The van der Waals surface area contributed by atoms with Crippen molar-refractivity contribution in [1.82, 2.24) is 0 Å². The molecule has 0 saturated heterocycles. The van der Waals surface area contributed by atoms with Crippen molar-refractivity contribution in [3.05, 3.63) is 29.3 Å². The molecule has 0 aliphatic heterocycles. The van der Waals surface area contributed by atoms with Crippen molar-refractivity contribution in [3.8, 4) is 5.75 Å². The number of carboxylic acids is 3. The molecule has 0 spiro atoms. The van der Waals surface area contributed by atoms with E-state index in [0.717, 1.165) is 26.3 Å². The molecule has 1 rings (SSSR count). The molecule has 0 amide bonds. The van der Waals surface area contributed by atoms with Gasteiger partial charge in [0, 0.05) is 26.3 Å². The van der Waals surface area contributed by atoms with Crippen LogP contribution < -0.4 is 4.74 Å². The highest BCUT2D eigenvalue weighted by molar-refractivity contribution is 5.63. The topological polar surface area (TPSA) is 182 Å². The summed E-state index contributed by atoms with van der Waals surface area (Å²) in [4.78, 5) is 27.0. The Hall–Kier alpha value is -2.69. The predicted molar refractivity (Wildman–Crippen MR) is 95.7 cm³/mol. The largest absolute Gasteiger partial charge is 0.496 e. The van der Waals surface area contributed by atoms with Crippen LogP contribution in [0.4, 0.5) is 0 Å². The highest BCUT2D eigenvalue weighted by atomic mass is 16.5. The molecule has 1 aromatic carbocycles. The van der Waals surface area contributed by atoms with Crippen LogP contribution in [0.25, 0.3) is 0 Å². The van der Waals surface area contributed by atoms with E-state index < -0.39 is 36.7 Å². The second-order valence-corrected chi connectivity index (χ2v) is 5.11. The van der Waals surface area contributed by atoms with Crippen LogP contribution in [0, 0.1) is 6.92 Å². The molecule has 10 nitrogen and oxygen atoms in total. The average molecular weight is 392 g/mol. The fourth-order valence-corrected chi connectivity index (χ4v) is 1.40. The molecule has 6 N–H and O–H groups in total. The van der Waals surface area contributed by atoms with Gasteiger partial charge in [-0.1, -0.05) is 12.1 Å². The van der Waals surface area contributed by atoms with Gasteiger partial charge in [-0.3, -0.25) is 14.4 Å². The fourth-order valence-electron chi connectivity index (χ4n) is 1.40. The summed E-state index contributed by atoms with van der Waals surface area (Å²) in [7, 11) is 1.48. The third kappa shape index (κ3) is 17.9. The van der Waals surface area contributed by atoms with Crippen LogP contribution in [-0.2, 0) is 20.0 Å². The second-order valence-electron chi connectivity index (χ2n) is 5.11. The zero-order valence-corrected chi connectivity index (χ0v) is 16.0. The normalized spacial score (nSPS) is 9.19. The molecule has 0 bridgehead atoms. The smallest absolute Gasteiger partial charge is 0.300 e. The maximum Gasteiger partial charge on any atom is 0.300 e. The molecule has 0 saturated carbocycles. The number of hydrogen-bond acceptors (Lipinski definition) is 7. The van der Waals surface area contributed by atoms with Gasteiger partial charge in [-0.25, -0.2) is 0 Å². The van der Waals surface area contributed by atoms with Crippen molar-refractivity contribution < 1.29 is 49.8 Å². The van der Waals surface area contributed by atoms with Crippen LogP contribution in [0.2, 0.25) is 0 Å². The molecule has 1 aromatic rings. The van der Waals surface area contributed by atoms with Crippen molar-refractivity contribution in [2.24, 2.45) is 0 Å². The molecule has 27 heavy (non-hydrogen) atoms. The van der Waals surface area contributed by atoms with E-state index in [2.05, 4.69) is 0 Å². The lowest BCUT2D eigenvalue weighted by Gasteiger charge is -2.25. The van der Waals surface area contributed by atoms with Gasteiger partial charge in [0.2, 0.25) is 0 Å². The first-order valence-corrected chi connectivity index (χ1v) is 7.45. The van der Waals surface area contributed by atoms with Crippen LogP contribution in [0.1, 0.15) is 31.9 Å². The molecule has 0 aliphatic carbocycles. The minimum atomic E-state index is -1.65. The summed E-state index contributed by atoms with van der Waals surface area (Å²) in [6, 6.07) is 5.17. The van der Waals surface area contributed by atoms with Crippen molar-refractivity contribution in [1.29, 1.82) is 0 Å². The second kappa shape index (κ2) is 15.6. The van der Waals surface area contributed by atoms with Gasteiger partial charge in [0.05, 0.1) is 20.3 Å². The van der Waals surface area contributed by atoms with Gasteiger partial charge >= 0.3 is 0 Å².